The number of aromatic nitrogens is 1. The molecular weight excluding hydrogens is 492 g/mol. The van der Waals surface area contributed by atoms with Crippen LogP contribution in [-0.4, -0.2) is 54.5 Å². The monoisotopic (exact) mass is 522 g/mol. The average Bonchev–Trinajstić information content (AvgIpc) is 3.31. The second kappa shape index (κ2) is 11.9. The third-order valence-corrected chi connectivity index (χ3v) is 7.07. The number of methoxy groups -OCH3 is 2. The number of nitrogens with one attached hydrogen (secondary N) is 1. The van der Waals surface area contributed by atoms with Gasteiger partial charge in [-0.25, -0.2) is 0 Å². The van der Waals surface area contributed by atoms with E-state index in [1.165, 1.54) is 38.0 Å². The van der Waals surface area contributed by atoms with E-state index in [1.54, 1.807) is 28.1 Å². The molecule has 0 unspecified atom stereocenters. The van der Waals surface area contributed by atoms with Crippen molar-refractivity contribution in [3.8, 4) is 11.5 Å². The molecule has 2 aromatic carbocycles. The molecular formula is C27H30N4O5S. The van der Waals surface area contributed by atoms with Crippen molar-refractivity contribution in [2.75, 3.05) is 27.3 Å². The second-order valence-electron chi connectivity index (χ2n) is 8.62. The standard InChI is InChI=1S/C27H30N4O5S/c1-18(32)28-12-6-13-31-23(26(34)30-14-11-19-7-4-5-8-20(19)16-30)17-37-27(31)29-25(33)22-10-9-21(35-2)15-24(22)36-3/h4-5,7-10,15,17H,6,11-14,16H2,1-3H3,(H,28,32). The largest absolute Gasteiger partial charge is 0.497 e. The first-order chi connectivity index (χ1) is 17.9. The number of rotatable bonds is 8. The van der Waals surface area contributed by atoms with Gasteiger partial charge >= 0.3 is 0 Å². The van der Waals surface area contributed by atoms with Crippen molar-refractivity contribution in [1.82, 2.24) is 14.8 Å². The Morgan fingerprint density at radius 3 is 2.59 bits per heavy atom. The van der Waals surface area contributed by atoms with Crippen molar-refractivity contribution in [3.05, 3.63) is 75.0 Å². The van der Waals surface area contributed by atoms with Crippen LogP contribution in [0.4, 0.5) is 0 Å². The molecule has 0 aliphatic carbocycles. The smallest absolute Gasteiger partial charge is 0.283 e. The summed E-state index contributed by atoms with van der Waals surface area (Å²) in [6.07, 6.45) is 1.37. The molecule has 4 rings (SSSR count). The summed E-state index contributed by atoms with van der Waals surface area (Å²) in [6, 6.07) is 13.0. The van der Waals surface area contributed by atoms with Crippen molar-refractivity contribution in [3.63, 3.8) is 0 Å². The minimum Gasteiger partial charge on any atom is -0.497 e. The molecule has 37 heavy (non-hydrogen) atoms. The van der Waals surface area contributed by atoms with Gasteiger partial charge in [-0.3, -0.25) is 14.4 Å². The molecule has 0 fully saturated rings. The number of fused-ring (bicyclic) bond motifs is 1. The van der Waals surface area contributed by atoms with Crippen molar-refractivity contribution in [1.29, 1.82) is 0 Å². The van der Waals surface area contributed by atoms with Crippen LogP contribution in [0, 0.1) is 0 Å². The Hall–Kier alpha value is -3.92. The van der Waals surface area contributed by atoms with Crippen molar-refractivity contribution in [2.45, 2.75) is 32.9 Å². The third-order valence-electron chi connectivity index (χ3n) is 6.20. The first-order valence-corrected chi connectivity index (χ1v) is 12.9. The lowest BCUT2D eigenvalue weighted by Gasteiger charge is -2.29. The summed E-state index contributed by atoms with van der Waals surface area (Å²) in [5.74, 6) is 0.202. The van der Waals surface area contributed by atoms with E-state index in [1.807, 2.05) is 23.1 Å². The fourth-order valence-electron chi connectivity index (χ4n) is 4.26. The number of nitrogens with zero attached hydrogens (tertiary/aromatic N) is 3. The highest BCUT2D eigenvalue weighted by atomic mass is 32.1. The van der Waals surface area contributed by atoms with Crippen LogP contribution in [0.2, 0.25) is 0 Å². The molecule has 2 heterocycles. The molecule has 0 atom stereocenters. The van der Waals surface area contributed by atoms with Crippen LogP contribution in [0.1, 0.15) is 45.3 Å². The van der Waals surface area contributed by atoms with Gasteiger partial charge in [-0.2, -0.15) is 4.99 Å². The SMILES string of the molecule is COc1ccc(C(=O)N=c2scc(C(=O)N3CCc4ccccc4C3)n2CCCNC(C)=O)c(OC)c1. The summed E-state index contributed by atoms with van der Waals surface area (Å²) in [4.78, 5) is 44.6. The summed E-state index contributed by atoms with van der Waals surface area (Å²) in [7, 11) is 3.02. The number of carbonyl (C=O) groups excluding carboxylic acids is 3. The molecule has 0 saturated carbocycles. The van der Waals surface area contributed by atoms with Crippen LogP contribution < -0.4 is 19.6 Å². The lowest BCUT2D eigenvalue weighted by Crippen LogP contribution is -2.38. The first kappa shape index (κ1) is 26.2. The second-order valence-corrected chi connectivity index (χ2v) is 9.46. The Bertz CT molecular complexity index is 1380. The summed E-state index contributed by atoms with van der Waals surface area (Å²) in [5.41, 5.74) is 3.17. The number of ether oxygens (including phenoxy) is 2. The van der Waals surface area contributed by atoms with Gasteiger partial charge < -0.3 is 24.3 Å². The molecule has 1 aliphatic heterocycles. The van der Waals surface area contributed by atoms with Gasteiger partial charge in [0.05, 0.1) is 19.8 Å². The molecule has 9 nitrogen and oxygen atoms in total. The highest BCUT2D eigenvalue weighted by Gasteiger charge is 2.25. The van der Waals surface area contributed by atoms with Gasteiger partial charge in [-0.1, -0.05) is 24.3 Å². The molecule has 1 aliphatic rings. The van der Waals surface area contributed by atoms with E-state index >= 15 is 0 Å². The quantitative estimate of drug-likeness (QED) is 0.458. The minimum atomic E-state index is -0.483. The molecule has 3 amide bonds. The highest BCUT2D eigenvalue weighted by Crippen LogP contribution is 2.25. The van der Waals surface area contributed by atoms with Crippen molar-refractivity contribution < 1.29 is 23.9 Å². The van der Waals surface area contributed by atoms with Gasteiger partial charge in [-0.05, 0) is 36.1 Å². The van der Waals surface area contributed by atoms with Crippen LogP contribution in [0.15, 0.2) is 52.8 Å². The molecule has 194 valence electrons. The van der Waals surface area contributed by atoms with E-state index in [2.05, 4.69) is 16.4 Å². The first-order valence-electron chi connectivity index (χ1n) is 12.0. The maximum absolute atomic E-state index is 13.6. The Morgan fingerprint density at radius 2 is 1.86 bits per heavy atom. The van der Waals surface area contributed by atoms with Gasteiger partial charge in [-0.15, -0.1) is 11.3 Å². The maximum atomic E-state index is 13.6. The van der Waals surface area contributed by atoms with Crippen LogP contribution in [0.3, 0.4) is 0 Å². The van der Waals surface area contributed by atoms with E-state index in [0.717, 1.165) is 12.0 Å². The summed E-state index contributed by atoms with van der Waals surface area (Å²) < 4.78 is 12.3. The Morgan fingerprint density at radius 1 is 1.08 bits per heavy atom. The van der Waals surface area contributed by atoms with E-state index in [-0.39, 0.29) is 11.8 Å². The van der Waals surface area contributed by atoms with Crippen LogP contribution in [-0.2, 0) is 24.3 Å². The molecule has 0 spiro atoms. The molecule has 0 saturated heterocycles. The summed E-state index contributed by atoms with van der Waals surface area (Å²) >= 11 is 1.24. The zero-order valence-electron chi connectivity index (χ0n) is 21.2. The lowest BCUT2D eigenvalue weighted by atomic mass is 10.00. The molecule has 1 N–H and O–H groups in total. The molecule has 3 aromatic rings. The molecule has 0 bridgehead atoms. The Kier molecular flexibility index (Phi) is 8.39. The van der Waals surface area contributed by atoms with Crippen LogP contribution in [0.5, 0.6) is 11.5 Å². The summed E-state index contributed by atoms with van der Waals surface area (Å²) in [5, 5.41) is 4.52. The van der Waals surface area contributed by atoms with Crippen LogP contribution >= 0.6 is 11.3 Å². The van der Waals surface area contributed by atoms with Crippen LogP contribution in [0.25, 0.3) is 0 Å². The van der Waals surface area contributed by atoms with Gasteiger partial charge in [0.2, 0.25) is 5.91 Å². The fraction of sp³-hybridized carbons (Fsp3) is 0.333. The lowest BCUT2D eigenvalue weighted by molar-refractivity contribution is -0.118. The minimum absolute atomic E-state index is 0.110. The molecule has 10 heteroatoms. The van der Waals surface area contributed by atoms with Gasteiger partial charge in [0.25, 0.3) is 11.8 Å². The number of thiazole rings is 1. The predicted molar refractivity (Wildman–Crippen MR) is 140 cm³/mol. The van der Waals surface area contributed by atoms with Gasteiger partial charge in [0.1, 0.15) is 17.2 Å². The predicted octanol–water partition coefficient (Wildman–Crippen LogP) is 3.03. The molecule has 1 aromatic heterocycles. The fourth-order valence-corrected chi connectivity index (χ4v) is 5.16. The summed E-state index contributed by atoms with van der Waals surface area (Å²) in [6.45, 7) is 3.48. The number of carbonyl (C=O) groups is 3. The van der Waals surface area contributed by atoms with Gasteiger partial charge in [0, 0.05) is 44.5 Å². The highest BCUT2D eigenvalue weighted by molar-refractivity contribution is 7.07. The van der Waals surface area contributed by atoms with E-state index < -0.39 is 5.91 Å². The number of amides is 3. The van der Waals surface area contributed by atoms with Gasteiger partial charge in [0.15, 0.2) is 4.80 Å². The zero-order valence-corrected chi connectivity index (χ0v) is 22.0. The Labute approximate surface area is 219 Å². The Balaban J connectivity index is 1.65. The van der Waals surface area contributed by atoms with E-state index in [4.69, 9.17) is 9.47 Å². The zero-order chi connectivity index (χ0) is 26.4. The van der Waals surface area contributed by atoms with Crippen molar-refractivity contribution in [2.24, 2.45) is 4.99 Å². The van der Waals surface area contributed by atoms with E-state index in [9.17, 15) is 14.4 Å². The van der Waals surface area contributed by atoms with E-state index in [0.29, 0.717) is 60.2 Å². The van der Waals surface area contributed by atoms with Crippen molar-refractivity contribution >= 4 is 29.1 Å². The molecule has 0 radical (unpaired) electrons. The maximum Gasteiger partial charge on any atom is 0.283 e. The number of benzene rings is 2. The third kappa shape index (κ3) is 6.08. The number of hydrogen-bond acceptors (Lipinski definition) is 6. The normalized spacial score (nSPS) is 13.2. The average molecular weight is 523 g/mol. The number of hydrogen-bond donors (Lipinski definition) is 1. The topological polar surface area (TPSA) is 102 Å².